The number of esters is 1. The Bertz CT molecular complexity index is 465. The zero-order chi connectivity index (χ0) is 13.8. The molecular weight excluding hydrogens is 308 g/mol. The first-order chi connectivity index (χ1) is 9.10. The second kappa shape index (κ2) is 6.50. The summed E-state index contributed by atoms with van der Waals surface area (Å²) in [7, 11) is 1.39. The lowest BCUT2D eigenvalue weighted by Crippen LogP contribution is -2.42. The summed E-state index contributed by atoms with van der Waals surface area (Å²) in [5.41, 5.74) is 7.72. The van der Waals surface area contributed by atoms with Crippen LogP contribution in [-0.4, -0.2) is 37.1 Å². The molecule has 5 heteroatoms. The molecule has 1 aromatic rings. The zero-order valence-electron chi connectivity index (χ0n) is 11.1. The van der Waals surface area contributed by atoms with Crippen LogP contribution in [0.2, 0.25) is 0 Å². The number of methoxy groups -OCH3 is 1. The van der Waals surface area contributed by atoms with E-state index in [1.54, 1.807) is 6.07 Å². The molecule has 1 atom stereocenters. The van der Waals surface area contributed by atoms with Crippen LogP contribution in [0.5, 0.6) is 0 Å². The highest BCUT2D eigenvalue weighted by Gasteiger charge is 2.18. The van der Waals surface area contributed by atoms with Gasteiger partial charge in [0.15, 0.2) is 0 Å². The van der Waals surface area contributed by atoms with Crippen molar-refractivity contribution in [2.24, 2.45) is 5.73 Å². The number of rotatable bonds is 3. The summed E-state index contributed by atoms with van der Waals surface area (Å²) in [6, 6.07) is 5.86. The first-order valence-electron chi connectivity index (χ1n) is 6.45. The van der Waals surface area contributed by atoms with E-state index in [-0.39, 0.29) is 12.0 Å². The van der Waals surface area contributed by atoms with E-state index in [0.717, 1.165) is 36.9 Å². The zero-order valence-corrected chi connectivity index (χ0v) is 12.6. The largest absolute Gasteiger partial charge is 0.465 e. The number of hydrogen-bond acceptors (Lipinski definition) is 4. The number of hydrogen-bond donors (Lipinski definition) is 1. The van der Waals surface area contributed by atoms with Gasteiger partial charge in [-0.15, -0.1) is 0 Å². The smallest absolute Gasteiger partial charge is 0.337 e. The summed E-state index contributed by atoms with van der Waals surface area (Å²) >= 11 is 3.52. The molecule has 0 radical (unpaired) electrons. The molecule has 2 rings (SSSR count). The van der Waals surface area contributed by atoms with Gasteiger partial charge in [-0.05, 0) is 37.1 Å². The van der Waals surface area contributed by atoms with E-state index in [4.69, 9.17) is 10.5 Å². The summed E-state index contributed by atoms with van der Waals surface area (Å²) < 4.78 is 5.65. The maximum absolute atomic E-state index is 11.4. The Morgan fingerprint density at radius 3 is 3.00 bits per heavy atom. The fourth-order valence-corrected chi connectivity index (χ4v) is 2.90. The molecule has 0 saturated carbocycles. The van der Waals surface area contributed by atoms with Crippen molar-refractivity contribution in [3.8, 4) is 0 Å². The first kappa shape index (κ1) is 14.5. The molecule has 1 heterocycles. The molecule has 104 valence electrons. The van der Waals surface area contributed by atoms with Crippen molar-refractivity contribution >= 4 is 21.9 Å². The molecule has 1 aromatic carbocycles. The number of halogens is 1. The van der Waals surface area contributed by atoms with Crippen molar-refractivity contribution in [1.29, 1.82) is 0 Å². The number of carbonyl (C=O) groups excluding carboxylic acids is 1. The minimum atomic E-state index is -0.313. The third-order valence-corrected chi connectivity index (χ3v) is 4.15. The van der Waals surface area contributed by atoms with Crippen molar-refractivity contribution in [1.82, 2.24) is 4.90 Å². The van der Waals surface area contributed by atoms with Gasteiger partial charge in [0.1, 0.15) is 0 Å². The summed E-state index contributed by atoms with van der Waals surface area (Å²) in [4.78, 5) is 13.8. The van der Waals surface area contributed by atoms with Gasteiger partial charge < -0.3 is 10.5 Å². The second-order valence-corrected chi connectivity index (χ2v) is 5.79. The minimum absolute atomic E-state index is 0.280. The minimum Gasteiger partial charge on any atom is -0.465 e. The number of likely N-dealkylation sites (tertiary alicyclic amines) is 1. The Labute approximate surface area is 122 Å². The van der Waals surface area contributed by atoms with Gasteiger partial charge in [-0.25, -0.2) is 4.79 Å². The van der Waals surface area contributed by atoms with E-state index in [1.165, 1.54) is 12.7 Å². The summed E-state index contributed by atoms with van der Waals surface area (Å²) in [5, 5.41) is 0. The van der Waals surface area contributed by atoms with Crippen molar-refractivity contribution < 1.29 is 9.53 Å². The summed E-state index contributed by atoms with van der Waals surface area (Å²) in [5.74, 6) is -0.313. The van der Waals surface area contributed by atoms with Gasteiger partial charge in [0.25, 0.3) is 0 Å². The van der Waals surface area contributed by atoms with Crippen molar-refractivity contribution in [3.05, 3.63) is 33.8 Å². The summed E-state index contributed by atoms with van der Waals surface area (Å²) in [6.07, 6.45) is 2.26. The molecule has 0 aliphatic carbocycles. The average Bonchev–Trinajstić information content (AvgIpc) is 2.40. The molecule has 2 N–H and O–H groups in total. The highest BCUT2D eigenvalue weighted by molar-refractivity contribution is 9.10. The molecule has 1 saturated heterocycles. The summed E-state index contributed by atoms with van der Waals surface area (Å²) in [6.45, 7) is 2.87. The van der Waals surface area contributed by atoms with Crippen LogP contribution in [-0.2, 0) is 11.3 Å². The molecule has 1 fully saturated rings. The van der Waals surface area contributed by atoms with E-state index in [1.807, 2.05) is 12.1 Å². The normalized spacial score (nSPS) is 20.3. The Morgan fingerprint density at radius 2 is 2.37 bits per heavy atom. The van der Waals surface area contributed by atoms with Gasteiger partial charge in [0.05, 0.1) is 12.7 Å². The Morgan fingerprint density at radius 1 is 1.58 bits per heavy atom. The Hall–Kier alpha value is -0.910. The number of ether oxygens (including phenoxy) is 1. The van der Waals surface area contributed by atoms with Crippen LogP contribution in [0.1, 0.15) is 28.8 Å². The van der Waals surface area contributed by atoms with Crippen molar-refractivity contribution in [2.75, 3.05) is 20.2 Å². The fourth-order valence-electron chi connectivity index (χ4n) is 2.40. The van der Waals surface area contributed by atoms with Crippen LogP contribution in [0.4, 0.5) is 0 Å². The Kier molecular flexibility index (Phi) is 4.96. The monoisotopic (exact) mass is 326 g/mol. The van der Waals surface area contributed by atoms with Crippen LogP contribution in [0.25, 0.3) is 0 Å². The lowest BCUT2D eigenvalue weighted by Gasteiger charge is -2.30. The SMILES string of the molecule is COC(=O)c1ccc(CN2CCCC(N)C2)c(Br)c1. The number of benzene rings is 1. The van der Waals surface area contributed by atoms with E-state index in [0.29, 0.717) is 5.56 Å². The predicted octanol–water partition coefficient (Wildman–Crippen LogP) is 2.16. The van der Waals surface area contributed by atoms with Crippen LogP contribution in [0, 0.1) is 0 Å². The van der Waals surface area contributed by atoms with Gasteiger partial charge in [0, 0.05) is 23.6 Å². The molecule has 0 spiro atoms. The molecule has 0 bridgehead atoms. The topological polar surface area (TPSA) is 55.6 Å². The lowest BCUT2D eigenvalue weighted by atomic mass is 10.1. The molecule has 1 aliphatic rings. The number of nitrogens with two attached hydrogens (primary N) is 1. The quantitative estimate of drug-likeness (QED) is 0.865. The van der Waals surface area contributed by atoms with Gasteiger partial charge in [-0.2, -0.15) is 0 Å². The standard InChI is InChI=1S/C14H19BrN2O2/c1-19-14(18)10-4-5-11(13(15)7-10)8-17-6-2-3-12(16)9-17/h4-5,7,12H,2-3,6,8-9,16H2,1H3. The van der Waals surface area contributed by atoms with E-state index >= 15 is 0 Å². The van der Waals surface area contributed by atoms with Crippen LogP contribution in [0.3, 0.4) is 0 Å². The van der Waals surface area contributed by atoms with Crippen LogP contribution in [0.15, 0.2) is 22.7 Å². The number of carbonyl (C=O) groups is 1. The van der Waals surface area contributed by atoms with Gasteiger partial charge in [-0.1, -0.05) is 22.0 Å². The molecule has 0 amide bonds. The number of piperidine rings is 1. The molecule has 4 nitrogen and oxygen atoms in total. The lowest BCUT2D eigenvalue weighted by molar-refractivity contribution is 0.0600. The third-order valence-electron chi connectivity index (χ3n) is 3.41. The van der Waals surface area contributed by atoms with E-state index in [2.05, 4.69) is 20.8 Å². The maximum Gasteiger partial charge on any atom is 0.337 e. The highest BCUT2D eigenvalue weighted by Crippen LogP contribution is 2.22. The fraction of sp³-hybridized carbons (Fsp3) is 0.500. The molecule has 1 aliphatic heterocycles. The van der Waals surface area contributed by atoms with Gasteiger partial charge in [0.2, 0.25) is 0 Å². The molecular formula is C14H19BrN2O2. The maximum atomic E-state index is 11.4. The van der Waals surface area contributed by atoms with E-state index < -0.39 is 0 Å². The first-order valence-corrected chi connectivity index (χ1v) is 7.24. The van der Waals surface area contributed by atoms with Crippen LogP contribution >= 0.6 is 15.9 Å². The number of nitrogens with zero attached hydrogens (tertiary/aromatic N) is 1. The second-order valence-electron chi connectivity index (χ2n) is 4.94. The van der Waals surface area contributed by atoms with Crippen molar-refractivity contribution in [2.45, 2.75) is 25.4 Å². The van der Waals surface area contributed by atoms with Crippen molar-refractivity contribution in [3.63, 3.8) is 0 Å². The molecule has 1 unspecified atom stereocenters. The predicted molar refractivity (Wildman–Crippen MR) is 78.0 cm³/mol. The Balaban J connectivity index is 2.06. The van der Waals surface area contributed by atoms with E-state index in [9.17, 15) is 4.79 Å². The molecule has 19 heavy (non-hydrogen) atoms. The van der Waals surface area contributed by atoms with Gasteiger partial charge >= 0.3 is 5.97 Å². The van der Waals surface area contributed by atoms with Crippen LogP contribution < -0.4 is 5.73 Å². The average molecular weight is 327 g/mol. The highest BCUT2D eigenvalue weighted by atomic mass is 79.9. The molecule has 0 aromatic heterocycles. The third kappa shape index (κ3) is 3.78. The van der Waals surface area contributed by atoms with Gasteiger partial charge in [-0.3, -0.25) is 4.90 Å².